The summed E-state index contributed by atoms with van der Waals surface area (Å²) in [6, 6.07) is 0. The van der Waals surface area contributed by atoms with E-state index < -0.39 is 6.10 Å². The van der Waals surface area contributed by atoms with E-state index in [1.54, 1.807) is 0 Å². The van der Waals surface area contributed by atoms with Crippen molar-refractivity contribution in [3.8, 4) is 0 Å². The van der Waals surface area contributed by atoms with Crippen LogP contribution in [0.5, 0.6) is 0 Å². The Morgan fingerprint density at radius 1 is 0.269 bits per heavy atom. The summed E-state index contributed by atoms with van der Waals surface area (Å²) in [4.78, 5) is 38.3. The van der Waals surface area contributed by atoms with E-state index in [2.05, 4.69) is 142 Å². The van der Waals surface area contributed by atoms with Crippen molar-refractivity contribution in [3.63, 3.8) is 0 Å². The summed E-state index contributed by atoms with van der Waals surface area (Å²) in [5.74, 6) is -0.911. The Bertz CT molecular complexity index is 1620. The van der Waals surface area contributed by atoms with Crippen molar-refractivity contribution < 1.29 is 28.6 Å². The van der Waals surface area contributed by atoms with E-state index in [4.69, 9.17) is 14.2 Å². The van der Waals surface area contributed by atoms with Crippen molar-refractivity contribution in [2.75, 3.05) is 13.2 Å². The minimum atomic E-state index is -0.793. The number of hydrogen-bond acceptors (Lipinski definition) is 6. The van der Waals surface area contributed by atoms with Gasteiger partial charge in [-0.25, -0.2) is 0 Å². The Morgan fingerprint density at radius 3 is 0.795 bits per heavy atom. The molecule has 0 N–H and O–H groups in total. The molecule has 0 bridgehead atoms. The lowest BCUT2D eigenvalue weighted by molar-refractivity contribution is -0.167. The third-order valence-corrected chi connectivity index (χ3v) is 13.7. The van der Waals surface area contributed by atoms with Crippen molar-refractivity contribution in [1.29, 1.82) is 0 Å². The number of carbonyl (C=O) groups is 3. The fraction of sp³-hybridized carbons (Fsp3) is 0.681. The smallest absolute Gasteiger partial charge is 0.306 e. The Morgan fingerprint density at radius 2 is 0.500 bits per heavy atom. The van der Waals surface area contributed by atoms with Crippen LogP contribution in [-0.4, -0.2) is 37.2 Å². The zero-order chi connectivity index (χ0) is 56.4. The second kappa shape index (κ2) is 65.3. The Balaban J connectivity index is 4.33. The summed E-state index contributed by atoms with van der Waals surface area (Å²) >= 11 is 0. The van der Waals surface area contributed by atoms with Gasteiger partial charge in [0, 0.05) is 19.3 Å². The van der Waals surface area contributed by atoms with Crippen LogP contribution in [0.2, 0.25) is 0 Å². The first-order valence-electron chi connectivity index (χ1n) is 32.5. The molecule has 0 aliphatic carbocycles. The highest BCUT2D eigenvalue weighted by Crippen LogP contribution is 2.15. The number of ether oxygens (including phenoxy) is 3. The van der Waals surface area contributed by atoms with E-state index >= 15 is 0 Å². The van der Waals surface area contributed by atoms with Crippen LogP contribution in [-0.2, 0) is 28.6 Å². The molecule has 0 saturated heterocycles. The number of carbonyl (C=O) groups excluding carboxylic acids is 3. The SMILES string of the molecule is CC/C=C\C/C=C\C/C=C\C/C=C\C/C=C\C/C=C\C/C=C\C/C=C\CCCCCCCCC(=O)OCC(COC(=O)CCCCCCCCCCCCCCC)OC(=O)CCCCCCC/C=C\C/C=C\CCCCCC. The van der Waals surface area contributed by atoms with Crippen LogP contribution in [0.4, 0.5) is 0 Å². The molecule has 0 saturated carbocycles. The molecule has 0 aliphatic rings. The van der Waals surface area contributed by atoms with Crippen LogP contribution < -0.4 is 0 Å². The van der Waals surface area contributed by atoms with Crippen LogP contribution in [0, 0.1) is 0 Å². The molecule has 1 atom stereocenters. The Kier molecular flexibility index (Phi) is 61.8. The predicted molar refractivity (Wildman–Crippen MR) is 339 cm³/mol. The first-order chi connectivity index (χ1) is 38.5. The van der Waals surface area contributed by atoms with Gasteiger partial charge in [0.15, 0.2) is 6.10 Å². The van der Waals surface area contributed by atoms with Gasteiger partial charge in [-0.1, -0.05) is 284 Å². The maximum atomic E-state index is 12.9. The van der Waals surface area contributed by atoms with Gasteiger partial charge in [0.2, 0.25) is 0 Å². The summed E-state index contributed by atoms with van der Waals surface area (Å²) in [5.41, 5.74) is 0. The van der Waals surface area contributed by atoms with E-state index in [9.17, 15) is 14.4 Å². The number of rotatable bonds is 58. The van der Waals surface area contributed by atoms with Crippen LogP contribution in [0.15, 0.2) is 122 Å². The molecule has 0 amide bonds. The van der Waals surface area contributed by atoms with E-state index in [1.807, 2.05) is 0 Å². The van der Waals surface area contributed by atoms with E-state index in [0.717, 1.165) is 148 Å². The molecule has 0 rings (SSSR count). The summed E-state index contributed by atoms with van der Waals surface area (Å²) in [6.07, 6.45) is 90.6. The zero-order valence-electron chi connectivity index (χ0n) is 50.9. The first-order valence-corrected chi connectivity index (χ1v) is 32.5. The van der Waals surface area contributed by atoms with E-state index in [1.165, 1.54) is 109 Å². The van der Waals surface area contributed by atoms with Gasteiger partial charge >= 0.3 is 17.9 Å². The molecule has 0 radical (unpaired) electrons. The minimum absolute atomic E-state index is 0.0878. The zero-order valence-corrected chi connectivity index (χ0v) is 50.9. The fourth-order valence-electron chi connectivity index (χ4n) is 8.84. The lowest BCUT2D eigenvalue weighted by atomic mass is 10.0. The van der Waals surface area contributed by atoms with E-state index in [-0.39, 0.29) is 31.1 Å². The van der Waals surface area contributed by atoms with Gasteiger partial charge in [-0.2, -0.15) is 0 Å². The number of unbranched alkanes of at least 4 members (excludes halogenated alkanes) is 27. The molecule has 6 nitrogen and oxygen atoms in total. The largest absolute Gasteiger partial charge is 0.462 e. The maximum Gasteiger partial charge on any atom is 0.306 e. The molecule has 0 spiro atoms. The normalized spacial score (nSPS) is 12.9. The number of esters is 3. The third kappa shape index (κ3) is 62.7. The number of allylic oxidation sites excluding steroid dienone is 20. The average molecular weight is 1080 g/mol. The van der Waals surface area contributed by atoms with Gasteiger partial charge < -0.3 is 14.2 Å². The van der Waals surface area contributed by atoms with Crippen LogP contribution >= 0.6 is 0 Å². The predicted octanol–water partition coefficient (Wildman–Crippen LogP) is 22.4. The molecular weight excluding hydrogens is 961 g/mol. The summed E-state index contributed by atoms with van der Waals surface area (Å²) in [6.45, 7) is 6.50. The quantitative estimate of drug-likeness (QED) is 0.0261. The van der Waals surface area contributed by atoms with Crippen molar-refractivity contribution in [2.24, 2.45) is 0 Å². The summed E-state index contributed by atoms with van der Waals surface area (Å²) < 4.78 is 16.9. The second-order valence-corrected chi connectivity index (χ2v) is 21.3. The van der Waals surface area contributed by atoms with Crippen LogP contribution in [0.1, 0.15) is 297 Å². The lowest BCUT2D eigenvalue weighted by Gasteiger charge is -2.18. The molecule has 0 aromatic heterocycles. The van der Waals surface area contributed by atoms with Crippen LogP contribution in [0.3, 0.4) is 0 Å². The molecule has 6 heteroatoms. The van der Waals surface area contributed by atoms with Gasteiger partial charge in [0.05, 0.1) is 0 Å². The minimum Gasteiger partial charge on any atom is -0.462 e. The summed E-state index contributed by atoms with van der Waals surface area (Å²) in [5, 5.41) is 0. The molecule has 1 unspecified atom stereocenters. The molecule has 0 aliphatic heterocycles. The van der Waals surface area contributed by atoms with Gasteiger partial charge in [0.1, 0.15) is 13.2 Å². The average Bonchev–Trinajstić information content (AvgIpc) is 3.44. The third-order valence-electron chi connectivity index (χ3n) is 13.7. The van der Waals surface area contributed by atoms with Crippen molar-refractivity contribution >= 4 is 17.9 Å². The van der Waals surface area contributed by atoms with Crippen molar-refractivity contribution in [2.45, 2.75) is 303 Å². The summed E-state index contributed by atoms with van der Waals surface area (Å²) in [7, 11) is 0. The Labute approximate surface area is 482 Å². The molecule has 0 fully saturated rings. The van der Waals surface area contributed by atoms with Crippen molar-refractivity contribution in [1.82, 2.24) is 0 Å². The number of hydrogen-bond donors (Lipinski definition) is 0. The Hall–Kier alpha value is -4.19. The highest BCUT2D eigenvalue weighted by molar-refractivity contribution is 5.71. The van der Waals surface area contributed by atoms with Gasteiger partial charge in [-0.05, 0) is 116 Å². The topological polar surface area (TPSA) is 78.9 Å². The molecule has 0 aromatic carbocycles. The molecular formula is C72H120O6. The van der Waals surface area contributed by atoms with Gasteiger partial charge in [-0.3, -0.25) is 14.4 Å². The highest BCUT2D eigenvalue weighted by Gasteiger charge is 2.19. The molecule has 0 aromatic rings. The van der Waals surface area contributed by atoms with Crippen LogP contribution in [0.25, 0.3) is 0 Å². The van der Waals surface area contributed by atoms with E-state index in [0.29, 0.717) is 19.3 Å². The standard InChI is InChI=1S/C72H120O6/c1-4-7-10-13-16-19-22-25-27-29-30-31-32-33-34-35-36-37-38-39-40-41-42-43-45-47-50-53-56-59-62-65-71(74)77-68-69(67-76-70(73)64-61-58-55-52-49-46-24-21-18-15-12-9-6-3)78-72(75)66-63-60-57-54-51-48-44-28-26-23-20-17-14-11-8-5-2/h7,10,16,19-20,23,25,27-28,30-31,33-34,36-37,39-40,42-44,69H,4-6,8-9,11-15,17-18,21-22,24,26,29,32,35,38,41,45-68H2,1-3H3/b10-7-,19-16-,23-20-,27-25-,31-30-,34-33-,37-36-,40-39-,43-42-,44-28-. The lowest BCUT2D eigenvalue weighted by Crippen LogP contribution is -2.30. The molecule has 0 heterocycles. The highest BCUT2D eigenvalue weighted by atomic mass is 16.6. The first kappa shape index (κ1) is 73.8. The maximum absolute atomic E-state index is 12.9. The molecule has 444 valence electrons. The van der Waals surface area contributed by atoms with Gasteiger partial charge in [-0.15, -0.1) is 0 Å². The molecule has 78 heavy (non-hydrogen) atoms. The fourth-order valence-corrected chi connectivity index (χ4v) is 8.84. The monoisotopic (exact) mass is 1080 g/mol. The van der Waals surface area contributed by atoms with Crippen molar-refractivity contribution in [3.05, 3.63) is 122 Å². The van der Waals surface area contributed by atoms with Gasteiger partial charge in [0.25, 0.3) is 0 Å². The second-order valence-electron chi connectivity index (χ2n) is 21.3.